The molecule has 0 spiro atoms. The molecule has 2 aliphatic heterocycles. The maximum absolute atomic E-state index is 13.9. The Labute approximate surface area is 278 Å². The van der Waals surface area contributed by atoms with E-state index in [4.69, 9.17) is 14.2 Å². The van der Waals surface area contributed by atoms with Crippen LogP contribution in [0.25, 0.3) is 0 Å². The summed E-state index contributed by atoms with van der Waals surface area (Å²) in [7, 11) is -4.06. The molecule has 0 saturated carbocycles. The summed E-state index contributed by atoms with van der Waals surface area (Å²) in [5.74, 6) is -1.18. The zero-order valence-electron chi connectivity index (χ0n) is 28.2. The van der Waals surface area contributed by atoms with Crippen LogP contribution in [0.3, 0.4) is 0 Å². The standard InChI is InChI=1S/C34H50N4O8S/c1-7-35-20-30(40)36-26-13-15-27(16-14-26)47(42,43)38(21-24(2)3)22-29(39)28(19-25-11-9-8-10-12-25)37-31(41)46-33(5)23-45-34(6)32(33,4)17-18-44-34/h8-16,24,28-29,35,39H,7,17-23H2,1-6H3,(H,36,40)(H,37,41)/t28-,29+,32-,33-,34+/m0/s1. The molecule has 2 aromatic rings. The molecule has 2 saturated heterocycles. The summed E-state index contributed by atoms with van der Waals surface area (Å²) in [5, 5.41) is 20.1. The fourth-order valence-electron chi connectivity index (χ4n) is 6.21. The first-order valence-electron chi connectivity index (χ1n) is 16.2. The summed E-state index contributed by atoms with van der Waals surface area (Å²) in [6.07, 6.45) is -1.14. The number of ether oxygens (including phenoxy) is 3. The van der Waals surface area contributed by atoms with E-state index in [9.17, 15) is 23.1 Å². The number of fused-ring (bicyclic) bond motifs is 1. The molecule has 47 heavy (non-hydrogen) atoms. The van der Waals surface area contributed by atoms with Crippen molar-refractivity contribution in [2.45, 2.75) is 82.8 Å². The summed E-state index contributed by atoms with van der Waals surface area (Å²) < 4.78 is 46.9. The third kappa shape index (κ3) is 8.33. The number of rotatable bonds is 15. The number of carbonyl (C=O) groups is 2. The van der Waals surface area contributed by atoms with Crippen molar-refractivity contribution in [3.05, 3.63) is 60.2 Å². The summed E-state index contributed by atoms with van der Waals surface area (Å²) in [6, 6.07) is 14.4. The first-order chi connectivity index (χ1) is 22.1. The van der Waals surface area contributed by atoms with Gasteiger partial charge in [-0.25, -0.2) is 13.2 Å². The first-order valence-corrected chi connectivity index (χ1v) is 17.7. The second-order valence-electron chi connectivity index (χ2n) is 13.4. The number of hydrogen-bond acceptors (Lipinski definition) is 9. The smallest absolute Gasteiger partial charge is 0.408 e. The first kappa shape index (κ1) is 36.8. The maximum Gasteiger partial charge on any atom is 0.408 e. The van der Waals surface area contributed by atoms with Crippen LogP contribution >= 0.6 is 0 Å². The number of hydrogen-bond donors (Lipinski definition) is 4. The summed E-state index contributed by atoms with van der Waals surface area (Å²) >= 11 is 0. The largest absolute Gasteiger partial charge is 0.440 e. The fraction of sp³-hybridized carbons (Fsp3) is 0.588. The summed E-state index contributed by atoms with van der Waals surface area (Å²) in [4.78, 5) is 25.6. The molecular weight excluding hydrogens is 624 g/mol. The van der Waals surface area contributed by atoms with Crippen molar-refractivity contribution in [2.24, 2.45) is 11.3 Å². The van der Waals surface area contributed by atoms with E-state index in [2.05, 4.69) is 16.0 Å². The Morgan fingerprint density at radius 2 is 1.70 bits per heavy atom. The van der Waals surface area contributed by atoms with Gasteiger partial charge in [0.2, 0.25) is 15.9 Å². The molecule has 0 radical (unpaired) electrons. The van der Waals surface area contributed by atoms with Gasteiger partial charge in [0.25, 0.3) is 0 Å². The number of likely N-dealkylation sites (N-methyl/N-ethyl adjacent to an activating group) is 1. The third-order valence-electron chi connectivity index (χ3n) is 9.43. The van der Waals surface area contributed by atoms with Crippen molar-refractivity contribution in [1.29, 1.82) is 0 Å². The van der Waals surface area contributed by atoms with E-state index < -0.39 is 45.1 Å². The molecule has 2 amide bonds. The molecule has 5 atom stereocenters. The fourth-order valence-corrected chi connectivity index (χ4v) is 7.83. The number of aliphatic hydroxyl groups is 1. The monoisotopic (exact) mass is 674 g/mol. The highest BCUT2D eigenvalue weighted by Gasteiger charge is 2.68. The minimum Gasteiger partial charge on any atom is -0.440 e. The van der Waals surface area contributed by atoms with Crippen LogP contribution in [0.15, 0.2) is 59.5 Å². The van der Waals surface area contributed by atoms with Gasteiger partial charge >= 0.3 is 6.09 Å². The van der Waals surface area contributed by atoms with Crippen molar-refractivity contribution in [3.63, 3.8) is 0 Å². The number of nitrogens with zero attached hydrogens (tertiary/aromatic N) is 1. The average Bonchev–Trinajstić information content (AvgIpc) is 3.43. The number of sulfonamides is 1. The van der Waals surface area contributed by atoms with E-state index in [-0.39, 0.29) is 49.4 Å². The van der Waals surface area contributed by atoms with E-state index in [1.165, 1.54) is 28.6 Å². The Morgan fingerprint density at radius 3 is 2.34 bits per heavy atom. The van der Waals surface area contributed by atoms with Crippen LogP contribution in [0.5, 0.6) is 0 Å². The zero-order valence-corrected chi connectivity index (χ0v) is 29.1. The van der Waals surface area contributed by atoms with E-state index in [1.807, 2.05) is 71.9 Å². The van der Waals surface area contributed by atoms with Gasteiger partial charge in [-0.05, 0) is 69.0 Å². The Bertz CT molecular complexity index is 1470. The highest BCUT2D eigenvalue weighted by atomic mass is 32.2. The molecule has 4 N–H and O–H groups in total. The molecule has 260 valence electrons. The number of nitrogens with one attached hydrogen (secondary N) is 3. The van der Waals surface area contributed by atoms with Crippen molar-refractivity contribution in [2.75, 3.05) is 44.7 Å². The number of anilines is 1. The lowest BCUT2D eigenvalue weighted by Gasteiger charge is -2.40. The molecule has 0 unspecified atom stereocenters. The van der Waals surface area contributed by atoms with Gasteiger partial charge in [-0.1, -0.05) is 58.0 Å². The van der Waals surface area contributed by atoms with Gasteiger partial charge < -0.3 is 35.3 Å². The summed E-state index contributed by atoms with van der Waals surface area (Å²) in [6.45, 7) is 12.6. The van der Waals surface area contributed by atoms with Gasteiger partial charge in [-0.2, -0.15) is 4.31 Å². The second kappa shape index (κ2) is 15.0. The lowest BCUT2D eigenvalue weighted by Crippen LogP contribution is -2.55. The highest BCUT2D eigenvalue weighted by Crippen LogP contribution is 2.57. The number of aliphatic hydroxyl groups excluding tert-OH is 1. The van der Waals surface area contributed by atoms with E-state index in [0.717, 1.165) is 5.56 Å². The molecule has 0 aliphatic carbocycles. The lowest BCUT2D eigenvalue weighted by atomic mass is 9.70. The van der Waals surface area contributed by atoms with Gasteiger partial charge in [-0.15, -0.1) is 0 Å². The molecule has 2 heterocycles. The average molecular weight is 675 g/mol. The van der Waals surface area contributed by atoms with Gasteiger partial charge in [0.15, 0.2) is 5.79 Å². The minimum absolute atomic E-state index is 0.0197. The SMILES string of the molecule is CCNCC(=O)Nc1ccc(S(=O)(=O)N(CC(C)C)C[C@@H](O)[C@H](Cc2ccccc2)NC(=O)O[C@@]2(C)CO[C@@]3(C)OCC[C@]32C)cc1. The maximum atomic E-state index is 13.9. The van der Waals surface area contributed by atoms with E-state index in [1.54, 1.807) is 0 Å². The highest BCUT2D eigenvalue weighted by molar-refractivity contribution is 7.89. The molecule has 2 fully saturated rings. The molecule has 13 heteroatoms. The van der Waals surface area contributed by atoms with Gasteiger partial charge in [-0.3, -0.25) is 4.79 Å². The molecule has 4 rings (SSSR count). The third-order valence-corrected chi connectivity index (χ3v) is 11.3. The van der Waals surface area contributed by atoms with Crippen LogP contribution < -0.4 is 16.0 Å². The van der Waals surface area contributed by atoms with Crippen molar-refractivity contribution >= 4 is 27.7 Å². The number of carbonyl (C=O) groups excluding carboxylic acids is 2. The Kier molecular flexibility index (Phi) is 11.7. The van der Waals surface area contributed by atoms with Crippen molar-refractivity contribution in [1.82, 2.24) is 14.9 Å². The van der Waals surface area contributed by atoms with E-state index in [0.29, 0.717) is 25.3 Å². The Balaban J connectivity index is 1.53. The number of alkyl carbamates (subject to hydrolysis) is 1. The van der Waals surface area contributed by atoms with Crippen molar-refractivity contribution in [3.8, 4) is 0 Å². The van der Waals surface area contributed by atoms with Crippen LogP contribution in [0.2, 0.25) is 0 Å². The van der Waals surface area contributed by atoms with Crippen molar-refractivity contribution < 1.29 is 37.3 Å². The van der Waals surface area contributed by atoms with E-state index >= 15 is 0 Å². The van der Waals surface area contributed by atoms with Gasteiger partial charge in [0.05, 0.1) is 42.2 Å². The summed E-state index contributed by atoms with van der Waals surface area (Å²) in [5.41, 5.74) is -0.262. The van der Waals surface area contributed by atoms with Gasteiger partial charge in [0.1, 0.15) is 5.60 Å². The predicted octanol–water partition coefficient (Wildman–Crippen LogP) is 3.51. The molecule has 0 aromatic heterocycles. The molecule has 2 aliphatic rings. The van der Waals surface area contributed by atoms with Crippen LogP contribution in [-0.4, -0.2) is 92.8 Å². The lowest BCUT2D eigenvalue weighted by molar-refractivity contribution is -0.203. The minimum atomic E-state index is -4.06. The van der Waals surface area contributed by atoms with Crippen LogP contribution in [-0.2, 0) is 35.4 Å². The van der Waals surface area contributed by atoms with Crippen LogP contribution in [0, 0.1) is 11.3 Å². The second-order valence-corrected chi connectivity index (χ2v) is 15.3. The number of benzene rings is 2. The quantitative estimate of drug-likeness (QED) is 0.222. The molecule has 2 aromatic carbocycles. The number of amides is 2. The van der Waals surface area contributed by atoms with Gasteiger partial charge in [0, 0.05) is 18.8 Å². The topological polar surface area (TPSA) is 156 Å². The predicted molar refractivity (Wildman–Crippen MR) is 178 cm³/mol. The molecule has 0 bridgehead atoms. The Hall–Kier alpha value is -3.07. The molecule has 12 nitrogen and oxygen atoms in total. The normalized spacial score (nSPS) is 25.4. The zero-order chi connectivity index (χ0) is 34.5. The van der Waals surface area contributed by atoms with Crippen LogP contribution in [0.1, 0.15) is 53.5 Å². The Morgan fingerprint density at radius 1 is 1.02 bits per heavy atom. The molecular formula is C34H50N4O8S. The van der Waals surface area contributed by atoms with Crippen LogP contribution in [0.4, 0.5) is 10.5 Å².